The number of hydrogen-bond donors (Lipinski definition) is 3. The second-order valence-electron chi connectivity index (χ2n) is 7.27. The van der Waals surface area contributed by atoms with Crippen molar-refractivity contribution in [3.05, 3.63) is 39.7 Å². The number of anilines is 1. The molecule has 0 radical (unpaired) electrons. The molecule has 2 aromatic rings. The van der Waals surface area contributed by atoms with E-state index in [1.807, 2.05) is 12.1 Å². The van der Waals surface area contributed by atoms with Gasteiger partial charge in [0, 0.05) is 11.6 Å². The van der Waals surface area contributed by atoms with Crippen molar-refractivity contribution < 1.29 is 14.3 Å². The summed E-state index contributed by atoms with van der Waals surface area (Å²) < 4.78 is 11.0. The predicted octanol–water partition coefficient (Wildman–Crippen LogP) is 2.20. The summed E-state index contributed by atoms with van der Waals surface area (Å²) in [5.41, 5.74) is 5.34. The molecule has 160 valence electrons. The van der Waals surface area contributed by atoms with Crippen LogP contribution < -0.4 is 26.1 Å². The van der Waals surface area contributed by atoms with Crippen LogP contribution in [-0.2, 0) is 4.79 Å². The van der Waals surface area contributed by atoms with E-state index < -0.39 is 5.56 Å². The Morgan fingerprint density at radius 1 is 1.19 bits per heavy atom. The highest BCUT2D eigenvalue weighted by molar-refractivity contribution is 5.81. The predicted molar refractivity (Wildman–Crippen MR) is 113 cm³/mol. The average molecular weight is 421 g/mol. The van der Waals surface area contributed by atoms with Gasteiger partial charge in [-0.05, 0) is 30.5 Å². The number of nitriles is 2. The molecule has 0 saturated heterocycles. The van der Waals surface area contributed by atoms with Gasteiger partial charge in [-0.1, -0.05) is 25.3 Å². The van der Waals surface area contributed by atoms with Gasteiger partial charge in [0.2, 0.25) is 0 Å². The quantitative estimate of drug-likeness (QED) is 0.646. The first kappa shape index (κ1) is 21.7. The molecule has 1 aliphatic rings. The fraction of sp³-hybridized carbons (Fsp3) is 0.364. The fourth-order valence-electron chi connectivity index (χ4n) is 3.73. The second-order valence-corrected chi connectivity index (χ2v) is 7.27. The number of methoxy groups -OCH3 is 1. The second kappa shape index (κ2) is 9.68. The molecule has 0 atom stereocenters. The Morgan fingerprint density at radius 3 is 2.55 bits per heavy atom. The van der Waals surface area contributed by atoms with Gasteiger partial charge in [-0.25, -0.2) is 0 Å². The van der Waals surface area contributed by atoms with Crippen LogP contribution in [0.15, 0.2) is 23.0 Å². The van der Waals surface area contributed by atoms with Gasteiger partial charge in [0.15, 0.2) is 18.1 Å². The van der Waals surface area contributed by atoms with Gasteiger partial charge in [-0.3, -0.25) is 9.59 Å². The van der Waals surface area contributed by atoms with Gasteiger partial charge in [0.1, 0.15) is 29.1 Å². The summed E-state index contributed by atoms with van der Waals surface area (Å²) in [6.45, 7) is -0.170. The van der Waals surface area contributed by atoms with Crippen LogP contribution in [0.3, 0.4) is 0 Å². The van der Waals surface area contributed by atoms with Crippen LogP contribution in [0.4, 0.5) is 5.82 Å². The van der Waals surface area contributed by atoms with E-state index in [-0.39, 0.29) is 46.8 Å². The maximum absolute atomic E-state index is 12.2. The number of carbonyl (C=O) groups excluding carboxylic acids is 1. The van der Waals surface area contributed by atoms with Gasteiger partial charge < -0.3 is 25.5 Å². The first-order valence-corrected chi connectivity index (χ1v) is 9.95. The molecule has 1 saturated carbocycles. The highest BCUT2D eigenvalue weighted by atomic mass is 16.5. The summed E-state index contributed by atoms with van der Waals surface area (Å²) in [6, 6.07) is 8.59. The number of nitrogens with two attached hydrogens (primary N) is 1. The highest BCUT2D eigenvalue weighted by Crippen LogP contribution is 2.35. The minimum absolute atomic E-state index is 0.0151. The molecule has 31 heavy (non-hydrogen) atoms. The number of rotatable bonds is 6. The third-order valence-electron chi connectivity index (χ3n) is 5.25. The Kier molecular flexibility index (Phi) is 6.78. The minimum atomic E-state index is -0.687. The Bertz CT molecular complexity index is 1120. The van der Waals surface area contributed by atoms with Crippen LogP contribution in [-0.4, -0.2) is 30.6 Å². The van der Waals surface area contributed by atoms with Crippen molar-refractivity contribution in [2.45, 2.75) is 38.1 Å². The number of benzene rings is 1. The molecule has 0 unspecified atom stereocenters. The van der Waals surface area contributed by atoms with Gasteiger partial charge in [0.25, 0.3) is 11.5 Å². The topological polar surface area (TPSA) is 154 Å². The zero-order chi connectivity index (χ0) is 22.4. The van der Waals surface area contributed by atoms with E-state index in [4.69, 9.17) is 15.2 Å². The number of hydrogen-bond acceptors (Lipinski definition) is 7. The molecule has 1 heterocycles. The number of nitrogen functional groups attached to an aromatic ring is 1. The number of nitrogens with zero attached hydrogens (tertiary/aromatic N) is 2. The van der Waals surface area contributed by atoms with E-state index in [2.05, 4.69) is 10.3 Å². The molecule has 1 aliphatic carbocycles. The van der Waals surface area contributed by atoms with Crippen molar-refractivity contribution in [2.75, 3.05) is 19.5 Å². The van der Waals surface area contributed by atoms with Crippen molar-refractivity contribution in [2.24, 2.45) is 0 Å². The molecule has 0 bridgehead atoms. The SMILES string of the molecule is COc1cc(-c2c(C#N)c(N)[nH]c(=O)c2C#N)ccc1OCC(=O)NC1CCCCC1. The largest absolute Gasteiger partial charge is 0.493 e. The minimum Gasteiger partial charge on any atom is -0.493 e. The smallest absolute Gasteiger partial charge is 0.268 e. The van der Waals surface area contributed by atoms with Crippen LogP contribution in [0, 0.1) is 22.7 Å². The number of ether oxygens (including phenoxy) is 2. The lowest BCUT2D eigenvalue weighted by atomic mass is 9.95. The van der Waals surface area contributed by atoms with E-state index in [0.29, 0.717) is 11.3 Å². The van der Waals surface area contributed by atoms with Crippen molar-refractivity contribution >= 4 is 11.7 Å². The first-order chi connectivity index (χ1) is 15.0. The van der Waals surface area contributed by atoms with Crippen molar-refractivity contribution in [3.63, 3.8) is 0 Å². The molecule has 1 aromatic heterocycles. The molecule has 3 rings (SSSR count). The number of H-pyrrole nitrogens is 1. The summed E-state index contributed by atoms with van der Waals surface area (Å²) in [5, 5.41) is 21.9. The molecular formula is C22H23N5O4. The summed E-state index contributed by atoms with van der Waals surface area (Å²) in [5.74, 6) is 0.272. The Labute approximate surface area is 179 Å². The summed E-state index contributed by atoms with van der Waals surface area (Å²) in [4.78, 5) is 26.6. The monoisotopic (exact) mass is 421 g/mol. The van der Waals surface area contributed by atoms with Crippen molar-refractivity contribution in [1.82, 2.24) is 10.3 Å². The third-order valence-corrected chi connectivity index (χ3v) is 5.25. The van der Waals surface area contributed by atoms with E-state index in [9.17, 15) is 20.1 Å². The van der Waals surface area contributed by atoms with E-state index in [1.54, 1.807) is 12.1 Å². The van der Waals surface area contributed by atoms with Crippen molar-refractivity contribution in [3.8, 4) is 34.8 Å². The Hall–Kier alpha value is -3.98. The zero-order valence-electron chi connectivity index (χ0n) is 17.2. The standard InChI is InChI=1S/C22H23N5O4/c1-30-18-9-13(20-15(10-23)21(25)27-22(29)16(20)11-24)7-8-17(18)31-12-19(28)26-14-5-3-2-4-6-14/h7-9,14H,2-6,12H2,1H3,(H,26,28)(H3,25,27,29). The van der Waals surface area contributed by atoms with E-state index >= 15 is 0 Å². The normalized spacial score (nSPS) is 13.6. The van der Waals surface area contributed by atoms with E-state index in [1.165, 1.54) is 19.6 Å². The van der Waals surface area contributed by atoms with Gasteiger partial charge >= 0.3 is 0 Å². The summed E-state index contributed by atoms with van der Waals surface area (Å²) >= 11 is 0. The van der Waals surface area contributed by atoms with Gasteiger partial charge in [0.05, 0.1) is 7.11 Å². The third kappa shape index (κ3) is 4.78. The number of pyridine rings is 1. The number of aromatic amines is 1. The number of nitrogens with one attached hydrogen (secondary N) is 2. The lowest BCUT2D eigenvalue weighted by molar-refractivity contribution is -0.124. The Balaban J connectivity index is 1.84. The van der Waals surface area contributed by atoms with Crippen LogP contribution >= 0.6 is 0 Å². The molecular weight excluding hydrogens is 398 g/mol. The molecule has 9 nitrogen and oxygen atoms in total. The maximum Gasteiger partial charge on any atom is 0.268 e. The highest BCUT2D eigenvalue weighted by Gasteiger charge is 2.20. The first-order valence-electron chi connectivity index (χ1n) is 9.95. The lowest BCUT2D eigenvalue weighted by Crippen LogP contribution is -2.39. The average Bonchev–Trinajstić information content (AvgIpc) is 2.78. The van der Waals surface area contributed by atoms with Crippen LogP contribution in [0.5, 0.6) is 11.5 Å². The molecule has 9 heteroatoms. The van der Waals surface area contributed by atoms with E-state index in [0.717, 1.165) is 25.7 Å². The molecule has 1 amide bonds. The summed E-state index contributed by atoms with van der Waals surface area (Å²) in [6.07, 6.45) is 5.38. The van der Waals surface area contributed by atoms with Gasteiger partial charge in [-0.2, -0.15) is 10.5 Å². The Morgan fingerprint density at radius 2 is 1.90 bits per heavy atom. The van der Waals surface area contributed by atoms with Crippen LogP contribution in [0.2, 0.25) is 0 Å². The molecule has 4 N–H and O–H groups in total. The summed E-state index contributed by atoms with van der Waals surface area (Å²) in [7, 11) is 1.43. The molecule has 1 aromatic carbocycles. The number of carbonyl (C=O) groups is 1. The number of amides is 1. The molecule has 1 fully saturated rings. The van der Waals surface area contributed by atoms with Crippen LogP contribution in [0.1, 0.15) is 43.2 Å². The zero-order valence-corrected chi connectivity index (χ0v) is 17.2. The maximum atomic E-state index is 12.2. The van der Waals surface area contributed by atoms with Crippen LogP contribution in [0.25, 0.3) is 11.1 Å². The van der Waals surface area contributed by atoms with Gasteiger partial charge in [-0.15, -0.1) is 0 Å². The lowest BCUT2D eigenvalue weighted by Gasteiger charge is -2.22. The molecule has 0 aliphatic heterocycles. The van der Waals surface area contributed by atoms with Crippen molar-refractivity contribution in [1.29, 1.82) is 10.5 Å². The molecule has 0 spiro atoms. The number of aromatic nitrogens is 1. The fourth-order valence-corrected chi connectivity index (χ4v) is 3.73.